The van der Waals surface area contributed by atoms with Crippen molar-refractivity contribution in [3.8, 4) is 0 Å². The number of unbranched alkanes of at least 4 members (excludes halogenated alkanes) is 2. The van der Waals surface area contributed by atoms with Gasteiger partial charge in [-0.15, -0.1) is 0 Å². The maximum absolute atomic E-state index is 11.9. The Labute approximate surface area is 130 Å². The number of hydrogen-bond donors (Lipinski definition) is 1. The van der Waals surface area contributed by atoms with Crippen LogP contribution in [0.1, 0.15) is 77.0 Å². The van der Waals surface area contributed by atoms with Crippen molar-refractivity contribution in [3.63, 3.8) is 0 Å². The van der Waals surface area contributed by atoms with E-state index in [1.165, 1.54) is 83.8 Å². The lowest BCUT2D eigenvalue weighted by molar-refractivity contribution is -0.122. The maximum atomic E-state index is 11.9. The fourth-order valence-electron chi connectivity index (χ4n) is 3.77. The van der Waals surface area contributed by atoms with E-state index in [0.717, 1.165) is 19.4 Å². The normalized spacial score (nSPS) is 21.3. The van der Waals surface area contributed by atoms with Crippen molar-refractivity contribution in [2.45, 2.75) is 77.0 Å². The van der Waals surface area contributed by atoms with Gasteiger partial charge in [0.05, 0.1) is 0 Å². The third-order valence-corrected chi connectivity index (χ3v) is 5.12. The third-order valence-electron chi connectivity index (χ3n) is 5.12. The standard InChI is InChI=1S/C18H34N2O/c21-18(16-17-10-4-1-5-11-17)19-12-6-2-7-13-20-14-8-3-9-15-20/h17H,1-16H2,(H,19,21). The minimum absolute atomic E-state index is 0.290. The first-order chi connectivity index (χ1) is 10.3. The first-order valence-corrected chi connectivity index (χ1v) is 9.33. The molecule has 0 radical (unpaired) electrons. The molecule has 2 rings (SSSR count). The molecule has 0 bridgehead atoms. The summed E-state index contributed by atoms with van der Waals surface area (Å²) in [5.74, 6) is 0.954. The van der Waals surface area contributed by atoms with Crippen molar-refractivity contribution in [1.29, 1.82) is 0 Å². The minimum Gasteiger partial charge on any atom is -0.356 e. The highest BCUT2D eigenvalue weighted by molar-refractivity contribution is 5.76. The Hall–Kier alpha value is -0.570. The molecule has 0 aromatic heterocycles. The molecule has 2 fully saturated rings. The Morgan fingerprint density at radius 1 is 0.905 bits per heavy atom. The van der Waals surface area contributed by atoms with Crippen molar-refractivity contribution < 1.29 is 4.79 Å². The average molecular weight is 294 g/mol. The Morgan fingerprint density at radius 3 is 2.38 bits per heavy atom. The summed E-state index contributed by atoms with van der Waals surface area (Å²) in [5.41, 5.74) is 0. The second-order valence-corrected chi connectivity index (χ2v) is 7.02. The molecule has 1 aliphatic carbocycles. The average Bonchev–Trinajstić information content (AvgIpc) is 2.53. The molecule has 0 aromatic rings. The third kappa shape index (κ3) is 7.30. The zero-order valence-corrected chi connectivity index (χ0v) is 13.7. The first-order valence-electron chi connectivity index (χ1n) is 9.33. The molecule has 1 saturated heterocycles. The number of likely N-dealkylation sites (tertiary alicyclic amines) is 1. The molecule has 2 aliphatic rings. The van der Waals surface area contributed by atoms with Crippen LogP contribution in [0.3, 0.4) is 0 Å². The number of amides is 1. The minimum atomic E-state index is 0.290. The summed E-state index contributed by atoms with van der Waals surface area (Å²) in [6.07, 6.45) is 15.2. The predicted octanol–water partition coefficient (Wildman–Crippen LogP) is 3.73. The van der Waals surface area contributed by atoms with Crippen molar-refractivity contribution in [2.75, 3.05) is 26.2 Å². The summed E-state index contributed by atoms with van der Waals surface area (Å²) < 4.78 is 0. The highest BCUT2D eigenvalue weighted by Gasteiger charge is 2.16. The highest BCUT2D eigenvalue weighted by Crippen LogP contribution is 2.25. The van der Waals surface area contributed by atoms with Crippen molar-refractivity contribution in [2.24, 2.45) is 5.92 Å². The van der Waals surface area contributed by atoms with E-state index in [2.05, 4.69) is 10.2 Å². The lowest BCUT2D eigenvalue weighted by Crippen LogP contribution is -2.30. The van der Waals surface area contributed by atoms with Gasteiger partial charge in [-0.3, -0.25) is 4.79 Å². The summed E-state index contributed by atoms with van der Waals surface area (Å²) in [5, 5.41) is 3.12. The van der Waals surface area contributed by atoms with Gasteiger partial charge in [0.25, 0.3) is 0 Å². The van der Waals surface area contributed by atoms with Gasteiger partial charge >= 0.3 is 0 Å². The smallest absolute Gasteiger partial charge is 0.220 e. The van der Waals surface area contributed by atoms with E-state index in [1.807, 2.05) is 0 Å². The maximum Gasteiger partial charge on any atom is 0.220 e. The molecule has 21 heavy (non-hydrogen) atoms. The van der Waals surface area contributed by atoms with Crippen LogP contribution in [0.15, 0.2) is 0 Å². The molecule has 1 aliphatic heterocycles. The van der Waals surface area contributed by atoms with Crippen LogP contribution in [0, 0.1) is 5.92 Å². The van der Waals surface area contributed by atoms with Gasteiger partial charge in [-0.25, -0.2) is 0 Å². The fourth-order valence-corrected chi connectivity index (χ4v) is 3.77. The monoisotopic (exact) mass is 294 g/mol. The van der Waals surface area contributed by atoms with Crippen molar-refractivity contribution in [1.82, 2.24) is 10.2 Å². The van der Waals surface area contributed by atoms with E-state index in [1.54, 1.807) is 0 Å². The lowest BCUT2D eigenvalue weighted by Gasteiger charge is -2.26. The van der Waals surface area contributed by atoms with Gasteiger partial charge in [0, 0.05) is 13.0 Å². The topological polar surface area (TPSA) is 32.3 Å². The van der Waals surface area contributed by atoms with Crippen LogP contribution in [-0.2, 0) is 4.79 Å². The van der Waals surface area contributed by atoms with Crippen LogP contribution >= 0.6 is 0 Å². The molecule has 0 spiro atoms. The molecular weight excluding hydrogens is 260 g/mol. The van der Waals surface area contributed by atoms with E-state index in [4.69, 9.17) is 0 Å². The van der Waals surface area contributed by atoms with Crippen LogP contribution in [0.5, 0.6) is 0 Å². The number of carbonyl (C=O) groups is 1. The Morgan fingerprint density at radius 2 is 1.62 bits per heavy atom. The molecule has 1 N–H and O–H groups in total. The van der Waals surface area contributed by atoms with Gasteiger partial charge in [0.15, 0.2) is 0 Å². The second kappa shape index (κ2) is 10.2. The predicted molar refractivity (Wildman–Crippen MR) is 88.3 cm³/mol. The quantitative estimate of drug-likeness (QED) is 0.692. The van der Waals surface area contributed by atoms with Gasteiger partial charge < -0.3 is 10.2 Å². The molecule has 1 amide bonds. The van der Waals surface area contributed by atoms with Crippen molar-refractivity contribution >= 4 is 5.91 Å². The summed E-state index contributed by atoms with van der Waals surface area (Å²) >= 11 is 0. The Balaban J connectivity index is 1.41. The second-order valence-electron chi connectivity index (χ2n) is 7.02. The Bertz CT molecular complexity index is 281. The van der Waals surface area contributed by atoms with Gasteiger partial charge in [-0.05, 0) is 64.1 Å². The van der Waals surface area contributed by atoms with Crippen LogP contribution in [-0.4, -0.2) is 37.0 Å². The zero-order valence-electron chi connectivity index (χ0n) is 13.7. The summed E-state index contributed by atoms with van der Waals surface area (Å²) in [4.78, 5) is 14.5. The van der Waals surface area contributed by atoms with E-state index < -0.39 is 0 Å². The van der Waals surface area contributed by atoms with Gasteiger partial charge in [0.1, 0.15) is 0 Å². The van der Waals surface area contributed by atoms with Gasteiger partial charge in [0.2, 0.25) is 5.91 Å². The van der Waals surface area contributed by atoms with E-state index >= 15 is 0 Å². The Kier molecular flexibility index (Phi) is 8.16. The summed E-state index contributed by atoms with van der Waals surface area (Å²) in [6.45, 7) is 4.75. The number of piperidine rings is 1. The fraction of sp³-hybridized carbons (Fsp3) is 0.944. The molecular formula is C18H34N2O. The van der Waals surface area contributed by atoms with E-state index in [9.17, 15) is 4.79 Å². The number of nitrogens with zero attached hydrogens (tertiary/aromatic N) is 1. The number of rotatable bonds is 8. The van der Waals surface area contributed by atoms with E-state index in [0.29, 0.717) is 5.92 Å². The van der Waals surface area contributed by atoms with Gasteiger partial charge in [-0.2, -0.15) is 0 Å². The molecule has 1 saturated carbocycles. The SMILES string of the molecule is O=C(CC1CCCCC1)NCCCCCN1CCCCC1. The molecule has 0 unspecified atom stereocenters. The molecule has 3 nitrogen and oxygen atoms in total. The van der Waals surface area contributed by atoms with E-state index in [-0.39, 0.29) is 5.91 Å². The molecule has 0 aromatic carbocycles. The van der Waals surface area contributed by atoms with Crippen LogP contribution in [0.4, 0.5) is 0 Å². The molecule has 3 heteroatoms. The summed E-state index contributed by atoms with van der Waals surface area (Å²) in [7, 11) is 0. The molecule has 1 heterocycles. The number of carbonyl (C=O) groups excluding carboxylic acids is 1. The first kappa shape index (κ1) is 16.8. The van der Waals surface area contributed by atoms with Gasteiger partial charge in [-0.1, -0.05) is 32.1 Å². The summed E-state index contributed by atoms with van der Waals surface area (Å²) in [6, 6.07) is 0. The lowest BCUT2D eigenvalue weighted by atomic mass is 9.87. The largest absolute Gasteiger partial charge is 0.356 e. The van der Waals surface area contributed by atoms with Crippen LogP contribution in [0.2, 0.25) is 0 Å². The number of hydrogen-bond acceptors (Lipinski definition) is 2. The van der Waals surface area contributed by atoms with Crippen LogP contribution in [0.25, 0.3) is 0 Å². The highest BCUT2D eigenvalue weighted by atomic mass is 16.1. The molecule has 122 valence electrons. The van der Waals surface area contributed by atoms with Crippen molar-refractivity contribution in [3.05, 3.63) is 0 Å². The molecule has 0 atom stereocenters. The van der Waals surface area contributed by atoms with Crippen LogP contribution < -0.4 is 5.32 Å². The zero-order chi connectivity index (χ0) is 14.8. The number of nitrogens with one attached hydrogen (secondary N) is 1.